The van der Waals surface area contributed by atoms with E-state index in [9.17, 15) is 14.4 Å². The average Bonchev–Trinajstić information content (AvgIpc) is 2.99. The van der Waals surface area contributed by atoms with E-state index >= 15 is 0 Å². The molecule has 18 heavy (non-hydrogen) atoms. The Morgan fingerprint density at radius 3 is 3.00 bits per heavy atom. The van der Waals surface area contributed by atoms with Crippen LogP contribution in [0.2, 0.25) is 0 Å². The zero-order valence-electron chi connectivity index (χ0n) is 9.38. The third kappa shape index (κ3) is 3.07. The number of hydrogen-bond donors (Lipinski definition) is 1. The maximum absolute atomic E-state index is 11.5. The molecule has 2 rings (SSSR count). The topological polar surface area (TPSA) is 81.7 Å². The number of esters is 2. The number of carbonyl (C=O) groups is 3. The predicted molar refractivity (Wildman–Crippen MR) is 62.1 cm³/mol. The summed E-state index contributed by atoms with van der Waals surface area (Å²) in [4.78, 5) is 34.5. The van der Waals surface area contributed by atoms with E-state index in [2.05, 4.69) is 10.1 Å². The van der Waals surface area contributed by atoms with Crippen LogP contribution in [0.3, 0.4) is 0 Å². The lowest BCUT2D eigenvalue weighted by Gasteiger charge is -2.08. The molecule has 7 heteroatoms. The van der Waals surface area contributed by atoms with Crippen LogP contribution in [0.4, 0.5) is 0 Å². The molecule has 0 bridgehead atoms. The molecule has 1 fully saturated rings. The molecule has 0 radical (unpaired) electrons. The Kier molecular flexibility index (Phi) is 3.93. The molecule has 1 saturated heterocycles. The maximum Gasteiger partial charge on any atom is 0.347 e. The van der Waals surface area contributed by atoms with Gasteiger partial charge in [0.05, 0.1) is 11.5 Å². The van der Waals surface area contributed by atoms with E-state index in [1.165, 1.54) is 11.3 Å². The third-order valence-electron chi connectivity index (χ3n) is 2.30. The first-order chi connectivity index (χ1) is 8.66. The number of cyclic esters (lactones) is 1. The summed E-state index contributed by atoms with van der Waals surface area (Å²) in [5.41, 5.74) is 0. The number of rotatable bonds is 4. The monoisotopic (exact) mass is 269 g/mol. The molecular formula is C11H11NO5S. The summed E-state index contributed by atoms with van der Waals surface area (Å²) in [5.74, 6) is -1.52. The summed E-state index contributed by atoms with van der Waals surface area (Å²) in [6.07, 6.45) is -0.472. The van der Waals surface area contributed by atoms with Crippen LogP contribution in [0.15, 0.2) is 17.5 Å². The van der Waals surface area contributed by atoms with E-state index in [1.54, 1.807) is 17.5 Å². The fourth-order valence-electron chi connectivity index (χ4n) is 1.43. The molecule has 0 saturated carbocycles. The summed E-state index contributed by atoms with van der Waals surface area (Å²) >= 11 is 1.28. The van der Waals surface area contributed by atoms with Gasteiger partial charge in [0.1, 0.15) is 6.54 Å². The molecule has 0 aliphatic carbocycles. The van der Waals surface area contributed by atoms with Crippen molar-refractivity contribution in [3.63, 3.8) is 0 Å². The minimum atomic E-state index is -0.837. The molecule has 1 aromatic rings. The van der Waals surface area contributed by atoms with Crippen LogP contribution in [0, 0.1) is 0 Å². The van der Waals surface area contributed by atoms with Crippen LogP contribution in [-0.4, -0.2) is 37.1 Å². The van der Waals surface area contributed by atoms with Gasteiger partial charge in [0.2, 0.25) is 6.10 Å². The molecule has 6 nitrogen and oxygen atoms in total. The molecule has 0 unspecified atom stereocenters. The minimum absolute atomic E-state index is 0.262. The number of amides is 1. The van der Waals surface area contributed by atoms with Gasteiger partial charge in [0, 0.05) is 6.42 Å². The average molecular weight is 269 g/mol. The summed E-state index contributed by atoms with van der Waals surface area (Å²) in [7, 11) is 0. The van der Waals surface area contributed by atoms with Gasteiger partial charge in [-0.25, -0.2) is 4.79 Å². The van der Waals surface area contributed by atoms with Crippen LogP contribution in [0.25, 0.3) is 0 Å². The molecular weight excluding hydrogens is 258 g/mol. The number of thiophene rings is 1. The molecule has 1 atom stereocenters. The summed E-state index contributed by atoms with van der Waals surface area (Å²) in [5, 5.41) is 4.18. The van der Waals surface area contributed by atoms with Crippen molar-refractivity contribution in [3.05, 3.63) is 22.4 Å². The van der Waals surface area contributed by atoms with Crippen molar-refractivity contribution < 1.29 is 23.9 Å². The van der Waals surface area contributed by atoms with Crippen LogP contribution in [0.1, 0.15) is 16.1 Å². The number of hydrogen-bond acceptors (Lipinski definition) is 6. The highest BCUT2D eigenvalue weighted by atomic mass is 32.1. The van der Waals surface area contributed by atoms with Crippen LogP contribution < -0.4 is 5.32 Å². The highest BCUT2D eigenvalue weighted by Crippen LogP contribution is 2.10. The van der Waals surface area contributed by atoms with Gasteiger partial charge < -0.3 is 14.8 Å². The molecule has 2 heterocycles. The first-order valence-electron chi connectivity index (χ1n) is 5.34. The van der Waals surface area contributed by atoms with Crippen LogP contribution in [0.5, 0.6) is 0 Å². The van der Waals surface area contributed by atoms with E-state index < -0.39 is 18.0 Å². The molecule has 1 aromatic heterocycles. The quantitative estimate of drug-likeness (QED) is 0.797. The molecule has 1 aliphatic heterocycles. The fraction of sp³-hybridized carbons (Fsp3) is 0.364. The molecule has 0 aromatic carbocycles. The van der Waals surface area contributed by atoms with Crippen LogP contribution >= 0.6 is 11.3 Å². The largest absolute Gasteiger partial charge is 0.463 e. The Bertz CT molecular complexity index is 456. The van der Waals surface area contributed by atoms with Gasteiger partial charge in [-0.15, -0.1) is 11.3 Å². The Morgan fingerprint density at radius 2 is 2.39 bits per heavy atom. The highest BCUT2D eigenvalue weighted by molar-refractivity contribution is 7.12. The predicted octanol–water partition coefficient (Wildman–Crippen LogP) is 0.337. The lowest BCUT2D eigenvalue weighted by molar-refractivity contribution is -0.159. The SMILES string of the molecule is O=C(CNC(=O)c1cccs1)O[C@@H]1CCOC1=O. The normalized spacial score (nSPS) is 18.2. The van der Waals surface area contributed by atoms with E-state index in [0.29, 0.717) is 11.3 Å². The zero-order valence-corrected chi connectivity index (χ0v) is 10.2. The second-order valence-corrected chi connectivity index (χ2v) is 4.54. The van der Waals surface area contributed by atoms with Crippen molar-refractivity contribution in [1.29, 1.82) is 0 Å². The van der Waals surface area contributed by atoms with Gasteiger partial charge in [-0.05, 0) is 11.4 Å². The van der Waals surface area contributed by atoms with Gasteiger partial charge in [0.25, 0.3) is 5.91 Å². The molecule has 1 aliphatic rings. The number of nitrogens with one attached hydrogen (secondary N) is 1. The minimum Gasteiger partial charge on any atom is -0.463 e. The van der Waals surface area contributed by atoms with Crippen molar-refractivity contribution >= 4 is 29.2 Å². The van der Waals surface area contributed by atoms with E-state index in [-0.39, 0.29) is 19.1 Å². The highest BCUT2D eigenvalue weighted by Gasteiger charge is 2.30. The Balaban J connectivity index is 1.75. The Labute approximate surface area is 107 Å². The lowest BCUT2D eigenvalue weighted by atomic mass is 10.3. The van der Waals surface area contributed by atoms with Crippen molar-refractivity contribution in [2.75, 3.05) is 13.2 Å². The van der Waals surface area contributed by atoms with Crippen LogP contribution in [-0.2, 0) is 19.1 Å². The van der Waals surface area contributed by atoms with E-state index in [4.69, 9.17) is 4.74 Å². The first kappa shape index (κ1) is 12.6. The molecule has 0 spiro atoms. The maximum atomic E-state index is 11.5. The van der Waals surface area contributed by atoms with Crippen molar-refractivity contribution in [2.24, 2.45) is 0 Å². The van der Waals surface area contributed by atoms with Gasteiger partial charge in [-0.3, -0.25) is 9.59 Å². The molecule has 1 N–H and O–H groups in total. The second kappa shape index (κ2) is 5.63. The fourth-order valence-corrected chi connectivity index (χ4v) is 2.07. The summed E-state index contributed by atoms with van der Waals surface area (Å²) in [6, 6.07) is 3.39. The van der Waals surface area contributed by atoms with Gasteiger partial charge >= 0.3 is 11.9 Å². The molecule has 1 amide bonds. The number of ether oxygens (including phenoxy) is 2. The van der Waals surface area contributed by atoms with E-state index in [1.807, 2.05) is 0 Å². The lowest BCUT2D eigenvalue weighted by Crippen LogP contribution is -2.33. The van der Waals surface area contributed by atoms with Gasteiger partial charge in [0.15, 0.2) is 0 Å². The van der Waals surface area contributed by atoms with Crippen molar-refractivity contribution in [1.82, 2.24) is 5.32 Å². The van der Waals surface area contributed by atoms with Crippen molar-refractivity contribution in [3.8, 4) is 0 Å². The zero-order chi connectivity index (χ0) is 13.0. The van der Waals surface area contributed by atoms with Crippen molar-refractivity contribution in [2.45, 2.75) is 12.5 Å². The standard InChI is InChI=1S/C11H11NO5S/c13-9(17-7-3-4-16-11(7)15)6-12-10(14)8-2-1-5-18-8/h1-2,5,7H,3-4,6H2,(H,12,14)/t7-/m1/s1. The second-order valence-electron chi connectivity index (χ2n) is 3.59. The summed E-state index contributed by atoms with van der Waals surface area (Å²) < 4.78 is 9.52. The Morgan fingerprint density at radius 1 is 1.56 bits per heavy atom. The smallest absolute Gasteiger partial charge is 0.347 e. The summed E-state index contributed by atoms with van der Waals surface area (Å²) in [6.45, 7) is -0.00114. The van der Waals surface area contributed by atoms with Gasteiger partial charge in [-0.2, -0.15) is 0 Å². The number of carbonyl (C=O) groups excluding carboxylic acids is 3. The molecule has 96 valence electrons. The first-order valence-corrected chi connectivity index (χ1v) is 6.22. The third-order valence-corrected chi connectivity index (χ3v) is 3.17. The Hall–Kier alpha value is -1.89. The van der Waals surface area contributed by atoms with Gasteiger partial charge in [-0.1, -0.05) is 6.07 Å². The van der Waals surface area contributed by atoms with E-state index in [0.717, 1.165) is 0 Å².